The molecule has 1 aliphatic rings. The van der Waals surface area contributed by atoms with Gasteiger partial charge in [-0.15, -0.1) is 11.3 Å². The Hall–Kier alpha value is -3.16. The van der Waals surface area contributed by atoms with Crippen LogP contribution in [0, 0.1) is 0 Å². The Balaban J connectivity index is 1.34. The highest BCUT2D eigenvalue weighted by Gasteiger charge is 2.16. The predicted octanol–water partition coefficient (Wildman–Crippen LogP) is 5.25. The normalized spacial score (nSPS) is 14.6. The molecule has 32 heavy (non-hydrogen) atoms. The molecule has 1 N–H and O–H groups in total. The summed E-state index contributed by atoms with van der Waals surface area (Å²) in [5.74, 6) is 1.44. The van der Waals surface area contributed by atoms with Crippen LogP contribution in [0.25, 0.3) is 21.3 Å². The molecule has 6 nitrogen and oxygen atoms in total. The molecule has 1 saturated heterocycles. The minimum atomic E-state index is 0.601. The van der Waals surface area contributed by atoms with Crippen molar-refractivity contribution in [1.29, 1.82) is 0 Å². The zero-order chi connectivity index (χ0) is 21.9. The fourth-order valence-electron chi connectivity index (χ4n) is 4.09. The Labute approximate surface area is 192 Å². The van der Waals surface area contributed by atoms with Crippen molar-refractivity contribution in [3.8, 4) is 16.9 Å². The first-order valence-electron chi connectivity index (χ1n) is 11.0. The second kappa shape index (κ2) is 9.14. The van der Waals surface area contributed by atoms with Gasteiger partial charge >= 0.3 is 0 Å². The van der Waals surface area contributed by atoms with Gasteiger partial charge in [0.25, 0.3) is 0 Å². The largest absolute Gasteiger partial charge is 0.497 e. The zero-order valence-corrected chi connectivity index (χ0v) is 19.2. The highest BCUT2D eigenvalue weighted by Crippen LogP contribution is 2.34. The third-order valence-corrected chi connectivity index (χ3v) is 6.91. The van der Waals surface area contributed by atoms with E-state index in [2.05, 4.69) is 62.7 Å². The molecule has 4 aromatic rings. The van der Waals surface area contributed by atoms with Gasteiger partial charge in [0.05, 0.1) is 23.5 Å². The summed E-state index contributed by atoms with van der Waals surface area (Å²) < 4.78 is 6.45. The maximum atomic E-state index is 5.38. The van der Waals surface area contributed by atoms with E-state index in [1.807, 2.05) is 24.4 Å². The van der Waals surface area contributed by atoms with E-state index in [0.717, 1.165) is 65.5 Å². The maximum absolute atomic E-state index is 5.38. The van der Waals surface area contributed by atoms with E-state index in [4.69, 9.17) is 9.72 Å². The highest BCUT2D eigenvalue weighted by molar-refractivity contribution is 7.17. The minimum Gasteiger partial charge on any atom is -0.497 e. The first kappa shape index (κ1) is 20.7. The zero-order valence-electron chi connectivity index (χ0n) is 18.4. The molecule has 0 spiro atoms. The molecule has 1 fully saturated rings. The lowest BCUT2D eigenvalue weighted by molar-refractivity contribution is 0.271. The molecule has 0 unspecified atom stereocenters. The van der Waals surface area contributed by atoms with E-state index in [9.17, 15) is 0 Å². The number of fused-ring (bicyclic) bond motifs is 1. The Morgan fingerprint density at radius 1 is 1.06 bits per heavy atom. The van der Waals surface area contributed by atoms with Crippen LogP contribution in [-0.4, -0.2) is 54.7 Å². The number of nitrogens with zero attached hydrogens (tertiary/aromatic N) is 4. The molecule has 5 rings (SSSR count). The molecule has 0 aliphatic carbocycles. The van der Waals surface area contributed by atoms with Gasteiger partial charge in [0.15, 0.2) is 0 Å². The Bertz CT molecular complexity index is 1200. The van der Waals surface area contributed by atoms with Gasteiger partial charge in [0.2, 0.25) is 5.95 Å². The van der Waals surface area contributed by atoms with Crippen LogP contribution in [0.2, 0.25) is 0 Å². The summed E-state index contributed by atoms with van der Waals surface area (Å²) in [5, 5.41) is 5.49. The molecule has 2 aromatic heterocycles. The summed E-state index contributed by atoms with van der Waals surface area (Å²) in [7, 11) is 1.69. The second-order valence-electron chi connectivity index (χ2n) is 7.88. The summed E-state index contributed by atoms with van der Waals surface area (Å²) in [6.07, 6.45) is 1.89. The molecular formula is C25H27N5OS. The molecule has 1 aliphatic heterocycles. The number of benzene rings is 2. The van der Waals surface area contributed by atoms with Gasteiger partial charge in [-0.1, -0.05) is 19.1 Å². The first-order valence-corrected chi connectivity index (χ1v) is 11.8. The number of piperazine rings is 1. The Morgan fingerprint density at radius 2 is 1.88 bits per heavy atom. The maximum Gasteiger partial charge on any atom is 0.227 e. The number of hydrogen-bond acceptors (Lipinski definition) is 7. The van der Waals surface area contributed by atoms with Crippen LogP contribution < -0.4 is 15.0 Å². The smallest absolute Gasteiger partial charge is 0.227 e. The SMILES string of the molecule is CCN1CCN(c2ccc(Nc3ncc4scc(-c5cccc(OC)c5)c4n3)cc2)CC1. The summed E-state index contributed by atoms with van der Waals surface area (Å²) in [5.41, 5.74) is 5.38. The van der Waals surface area contributed by atoms with E-state index in [-0.39, 0.29) is 0 Å². The van der Waals surface area contributed by atoms with Gasteiger partial charge in [-0.2, -0.15) is 0 Å². The lowest BCUT2D eigenvalue weighted by Crippen LogP contribution is -2.46. The van der Waals surface area contributed by atoms with Crippen LogP contribution in [-0.2, 0) is 0 Å². The van der Waals surface area contributed by atoms with Gasteiger partial charge in [0.1, 0.15) is 5.75 Å². The van der Waals surface area contributed by atoms with Gasteiger partial charge < -0.3 is 19.9 Å². The Kier molecular flexibility index (Phi) is 5.92. The number of aromatic nitrogens is 2. The van der Waals surface area contributed by atoms with Gasteiger partial charge in [-0.25, -0.2) is 9.97 Å². The van der Waals surface area contributed by atoms with Crippen LogP contribution in [0.4, 0.5) is 17.3 Å². The average Bonchev–Trinajstić information content (AvgIpc) is 3.28. The molecule has 7 heteroatoms. The lowest BCUT2D eigenvalue weighted by atomic mass is 10.1. The fraction of sp³-hybridized carbons (Fsp3) is 0.280. The number of methoxy groups -OCH3 is 1. The first-order chi connectivity index (χ1) is 15.7. The molecule has 0 radical (unpaired) electrons. The van der Waals surface area contributed by atoms with Gasteiger partial charge in [-0.3, -0.25) is 0 Å². The monoisotopic (exact) mass is 445 g/mol. The second-order valence-corrected chi connectivity index (χ2v) is 8.79. The van der Waals surface area contributed by atoms with Crippen LogP contribution in [0.1, 0.15) is 6.92 Å². The van der Waals surface area contributed by atoms with E-state index in [0.29, 0.717) is 5.95 Å². The molecule has 0 amide bonds. The molecule has 164 valence electrons. The number of likely N-dealkylation sites (N-methyl/N-ethyl adjacent to an activating group) is 1. The average molecular weight is 446 g/mol. The van der Waals surface area contributed by atoms with Crippen LogP contribution in [0.5, 0.6) is 5.75 Å². The van der Waals surface area contributed by atoms with Crippen molar-refractivity contribution >= 4 is 38.9 Å². The van der Waals surface area contributed by atoms with Crippen molar-refractivity contribution in [2.75, 3.05) is 50.1 Å². The molecule has 0 bridgehead atoms. The summed E-state index contributed by atoms with van der Waals surface area (Å²) >= 11 is 1.65. The van der Waals surface area contributed by atoms with Crippen molar-refractivity contribution in [1.82, 2.24) is 14.9 Å². The number of hydrogen-bond donors (Lipinski definition) is 1. The molecule has 3 heterocycles. The van der Waals surface area contributed by atoms with Crippen molar-refractivity contribution in [3.05, 3.63) is 60.1 Å². The fourth-order valence-corrected chi connectivity index (χ4v) is 4.96. The lowest BCUT2D eigenvalue weighted by Gasteiger charge is -2.35. The topological polar surface area (TPSA) is 53.5 Å². The number of nitrogens with one attached hydrogen (secondary N) is 1. The number of thiophene rings is 1. The van der Waals surface area contributed by atoms with E-state index in [1.54, 1.807) is 18.4 Å². The Morgan fingerprint density at radius 3 is 2.62 bits per heavy atom. The van der Waals surface area contributed by atoms with E-state index >= 15 is 0 Å². The molecular weight excluding hydrogens is 418 g/mol. The molecule has 0 saturated carbocycles. The number of anilines is 3. The summed E-state index contributed by atoms with van der Waals surface area (Å²) in [4.78, 5) is 14.3. The third kappa shape index (κ3) is 4.26. The molecule has 0 atom stereocenters. The highest BCUT2D eigenvalue weighted by atomic mass is 32.1. The number of rotatable bonds is 6. The van der Waals surface area contributed by atoms with Crippen molar-refractivity contribution in [2.24, 2.45) is 0 Å². The summed E-state index contributed by atoms with van der Waals surface area (Å²) in [6.45, 7) is 7.76. The standard InChI is InChI=1S/C25H27N5OS/c1-3-29-11-13-30(14-12-29)20-9-7-19(8-10-20)27-25-26-16-23-24(28-25)22(17-32-23)18-5-4-6-21(15-18)31-2/h4-10,15-17H,3,11-14H2,1-2H3,(H,26,27,28). The van der Waals surface area contributed by atoms with E-state index < -0.39 is 0 Å². The van der Waals surface area contributed by atoms with Crippen LogP contribution >= 0.6 is 11.3 Å². The van der Waals surface area contributed by atoms with Crippen molar-refractivity contribution in [3.63, 3.8) is 0 Å². The minimum absolute atomic E-state index is 0.601. The quantitative estimate of drug-likeness (QED) is 0.437. The van der Waals surface area contributed by atoms with E-state index in [1.165, 1.54) is 5.69 Å². The van der Waals surface area contributed by atoms with Gasteiger partial charge in [0, 0.05) is 48.5 Å². The van der Waals surface area contributed by atoms with Crippen molar-refractivity contribution < 1.29 is 4.74 Å². The predicted molar refractivity (Wildman–Crippen MR) is 133 cm³/mol. The van der Waals surface area contributed by atoms with Crippen LogP contribution in [0.3, 0.4) is 0 Å². The van der Waals surface area contributed by atoms with Gasteiger partial charge in [-0.05, 0) is 48.5 Å². The number of ether oxygens (including phenoxy) is 1. The third-order valence-electron chi connectivity index (χ3n) is 6.00. The summed E-state index contributed by atoms with van der Waals surface area (Å²) in [6, 6.07) is 16.6. The van der Waals surface area contributed by atoms with Crippen LogP contribution in [0.15, 0.2) is 60.1 Å². The molecule has 2 aromatic carbocycles. The van der Waals surface area contributed by atoms with Crippen molar-refractivity contribution in [2.45, 2.75) is 6.92 Å².